The topological polar surface area (TPSA) is 65.1 Å². The van der Waals surface area contributed by atoms with Crippen LogP contribution in [0.4, 0.5) is 0 Å². The van der Waals surface area contributed by atoms with Crippen LogP contribution in [0.25, 0.3) is 0 Å². The van der Waals surface area contributed by atoms with Gasteiger partial charge in [0.05, 0.1) is 11.5 Å². The van der Waals surface area contributed by atoms with Gasteiger partial charge in [-0.15, -0.1) is 0 Å². The van der Waals surface area contributed by atoms with Gasteiger partial charge in [-0.05, 0) is 26.7 Å². The van der Waals surface area contributed by atoms with Crippen molar-refractivity contribution < 1.29 is 23.8 Å². The van der Waals surface area contributed by atoms with Crippen molar-refractivity contribution in [2.75, 3.05) is 0 Å². The molecular weight excluding hydrogens is 284 g/mol. The molecule has 0 radical (unpaired) electrons. The van der Waals surface area contributed by atoms with Crippen molar-refractivity contribution in [3.05, 3.63) is 11.6 Å². The maximum Gasteiger partial charge on any atom is 0.309 e. The highest BCUT2D eigenvalue weighted by Crippen LogP contribution is 2.50. The zero-order valence-corrected chi connectivity index (χ0v) is 13.6. The first-order valence-electron chi connectivity index (χ1n) is 8.03. The largest absolute Gasteiger partial charge is 0.462 e. The van der Waals surface area contributed by atoms with Crippen LogP contribution in [0.3, 0.4) is 0 Å². The molecule has 0 aromatic carbocycles. The summed E-state index contributed by atoms with van der Waals surface area (Å²) in [6.07, 6.45) is 3.93. The molecule has 0 aromatic heterocycles. The Balaban J connectivity index is 1.94. The molecule has 3 aliphatic rings. The lowest BCUT2D eigenvalue weighted by atomic mass is 9.79. The first-order chi connectivity index (χ1) is 10.3. The van der Waals surface area contributed by atoms with Crippen molar-refractivity contribution in [1.29, 1.82) is 0 Å². The summed E-state index contributed by atoms with van der Waals surface area (Å²) in [5, 5.41) is 0. The summed E-state index contributed by atoms with van der Waals surface area (Å²) in [6.45, 7) is 7.38. The number of allylic oxidation sites excluding steroid dienone is 1. The molecule has 3 rings (SSSR count). The van der Waals surface area contributed by atoms with Gasteiger partial charge in [-0.25, -0.2) is 0 Å². The molecule has 5 nitrogen and oxygen atoms in total. The molecule has 6 atom stereocenters. The monoisotopic (exact) mass is 308 g/mol. The fraction of sp³-hybridized carbons (Fsp3) is 0.765. The number of epoxide rings is 1. The van der Waals surface area contributed by atoms with Gasteiger partial charge >= 0.3 is 11.9 Å². The number of hydrogen-bond donors (Lipinski definition) is 0. The molecule has 2 saturated heterocycles. The molecule has 0 saturated carbocycles. The van der Waals surface area contributed by atoms with E-state index >= 15 is 0 Å². The minimum Gasteiger partial charge on any atom is -0.462 e. The molecule has 0 spiro atoms. The van der Waals surface area contributed by atoms with Crippen molar-refractivity contribution in [3.63, 3.8) is 0 Å². The summed E-state index contributed by atoms with van der Waals surface area (Å²) in [6, 6.07) is 0. The zero-order valence-electron chi connectivity index (χ0n) is 13.6. The van der Waals surface area contributed by atoms with Crippen LogP contribution in [0, 0.1) is 11.8 Å². The third-order valence-electron chi connectivity index (χ3n) is 5.22. The first kappa shape index (κ1) is 15.5. The number of carbonyl (C=O) groups is 2. The Morgan fingerprint density at radius 3 is 2.86 bits per heavy atom. The molecule has 2 aliphatic heterocycles. The fourth-order valence-corrected chi connectivity index (χ4v) is 3.91. The molecule has 122 valence electrons. The highest BCUT2D eigenvalue weighted by Gasteiger charge is 2.63. The second-order valence-electron chi connectivity index (χ2n) is 7.06. The number of esters is 2. The fourth-order valence-electron chi connectivity index (χ4n) is 3.91. The Morgan fingerprint density at radius 2 is 2.18 bits per heavy atom. The van der Waals surface area contributed by atoms with Crippen molar-refractivity contribution in [2.24, 2.45) is 11.8 Å². The van der Waals surface area contributed by atoms with Crippen molar-refractivity contribution in [2.45, 2.75) is 70.9 Å². The van der Waals surface area contributed by atoms with Gasteiger partial charge in [0.1, 0.15) is 18.3 Å². The average Bonchev–Trinajstić information content (AvgIpc) is 2.98. The number of fused-ring (bicyclic) bond motifs is 3. The second-order valence-corrected chi connectivity index (χ2v) is 7.06. The Morgan fingerprint density at radius 1 is 1.45 bits per heavy atom. The minimum absolute atomic E-state index is 0.0868. The molecule has 1 aliphatic carbocycles. The Kier molecular flexibility index (Phi) is 3.79. The molecule has 2 heterocycles. The van der Waals surface area contributed by atoms with E-state index < -0.39 is 0 Å². The van der Waals surface area contributed by atoms with Gasteiger partial charge in [-0.2, -0.15) is 0 Å². The molecule has 0 aromatic rings. The van der Waals surface area contributed by atoms with Gasteiger partial charge in [0, 0.05) is 19.3 Å². The normalized spacial score (nSPS) is 46.6. The van der Waals surface area contributed by atoms with Crippen LogP contribution >= 0.6 is 0 Å². The molecule has 0 amide bonds. The van der Waals surface area contributed by atoms with Gasteiger partial charge in [0.2, 0.25) is 0 Å². The van der Waals surface area contributed by atoms with Crippen molar-refractivity contribution in [3.8, 4) is 0 Å². The molecule has 0 unspecified atom stereocenters. The summed E-state index contributed by atoms with van der Waals surface area (Å²) in [5.41, 5.74) is 0.946. The highest BCUT2D eigenvalue weighted by molar-refractivity contribution is 5.75. The third kappa shape index (κ3) is 2.67. The Hall–Kier alpha value is -1.36. The minimum atomic E-state index is -0.341. The zero-order chi connectivity index (χ0) is 16.1. The number of rotatable bonds is 1. The predicted octanol–water partition coefficient (Wildman–Crippen LogP) is 2.38. The Bertz CT molecular complexity index is 525. The smallest absolute Gasteiger partial charge is 0.309 e. The van der Waals surface area contributed by atoms with Crippen LogP contribution in [0.15, 0.2) is 11.6 Å². The van der Waals surface area contributed by atoms with Gasteiger partial charge < -0.3 is 14.2 Å². The van der Waals surface area contributed by atoms with Crippen molar-refractivity contribution >= 4 is 11.9 Å². The number of hydrogen-bond acceptors (Lipinski definition) is 5. The van der Waals surface area contributed by atoms with Gasteiger partial charge in [0.15, 0.2) is 0 Å². The molecule has 2 fully saturated rings. The number of carbonyl (C=O) groups excluding carboxylic acids is 2. The van der Waals surface area contributed by atoms with Crippen LogP contribution in [0.2, 0.25) is 0 Å². The van der Waals surface area contributed by atoms with Crippen LogP contribution in [0.5, 0.6) is 0 Å². The maximum atomic E-state index is 12.1. The summed E-state index contributed by atoms with van der Waals surface area (Å²) in [5.74, 6) is -0.967. The van der Waals surface area contributed by atoms with Crippen LogP contribution in [-0.4, -0.2) is 35.9 Å². The van der Waals surface area contributed by atoms with E-state index in [-0.39, 0.29) is 47.7 Å². The molecule has 22 heavy (non-hydrogen) atoms. The van der Waals surface area contributed by atoms with E-state index in [0.29, 0.717) is 6.42 Å². The van der Waals surface area contributed by atoms with Gasteiger partial charge in [-0.3, -0.25) is 9.59 Å². The lowest BCUT2D eigenvalue weighted by Crippen LogP contribution is -2.39. The maximum absolute atomic E-state index is 12.1. The standard InChI is InChI=1S/C17H24O5/c1-9-6-5-7-17(4)15(22-17)14-13(10(2)16(19)21-14)12(8-9)20-11(3)18/h6,10,12-15H,5,7-8H2,1-4H3/b9-6-/t10-,12-,13+,14-,15-,17+/m0/s1. The summed E-state index contributed by atoms with van der Waals surface area (Å²) < 4.78 is 17.0. The van der Waals surface area contributed by atoms with Crippen LogP contribution < -0.4 is 0 Å². The van der Waals surface area contributed by atoms with E-state index in [1.54, 1.807) is 0 Å². The summed E-state index contributed by atoms with van der Waals surface area (Å²) in [7, 11) is 0. The van der Waals surface area contributed by atoms with E-state index in [1.807, 2.05) is 13.8 Å². The van der Waals surface area contributed by atoms with E-state index in [9.17, 15) is 9.59 Å². The van der Waals surface area contributed by atoms with Gasteiger partial charge in [-0.1, -0.05) is 18.6 Å². The first-order valence-corrected chi connectivity index (χ1v) is 8.03. The van der Waals surface area contributed by atoms with E-state index in [1.165, 1.54) is 12.5 Å². The Labute approximate surface area is 131 Å². The SMILES string of the molecule is CC(=O)O[C@H]1C/C(C)=C\CC[C@@]2(C)O[C@H]2[C@H]2OC(=O)[C@@H](C)[C@@H]21. The molecular formula is C17H24O5. The lowest BCUT2D eigenvalue weighted by molar-refractivity contribution is -0.151. The average molecular weight is 308 g/mol. The number of ether oxygens (including phenoxy) is 3. The summed E-state index contributed by atoms with van der Waals surface area (Å²) >= 11 is 0. The highest BCUT2D eigenvalue weighted by atomic mass is 16.6. The van der Waals surface area contributed by atoms with Gasteiger partial charge in [0.25, 0.3) is 0 Å². The summed E-state index contributed by atoms with van der Waals surface area (Å²) in [4.78, 5) is 23.6. The van der Waals surface area contributed by atoms with Crippen LogP contribution in [0.1, 0.15) is 47.0 Å². The predicted molar refractivity (Wildman–Crippen MR) is 79.0 cm³/mol. The molecule has 0 N–H and O–H groups in total. The van der Waals surface area contributed by atoms with Crippen molar-refractivity contribution in [1.82, 2.24) is 0 Å². The van der Waals surface area contributed by atoms with E-state index in [0.717, 1.165) is 12.8 Å². The van der Waals surface area contributed by atoms with Crippen LogP contribution in [-0.2, 0) is 23.8 Å². The quantitative estimate of drug-likeness (QED) is 0.423. The van der Waals surface area contributed by atoms with E-state index in [4.69, 9.17) is 14.2 Å². The third-order valence-corrected chi connectivity index (χ3v) is 5.22. The van der Waals surface area contributed by atoms with E-state index in [2.05, 4.69) is 13.0 Å². The second kappa shape index (κ2) is 5.37. The molecule has 0 bridgehead atoms. The lowest BCUT2D eigenvalue weighted by Gasteiger charge is -2.29. The molecule has 5 heteroatoms.